The zero-order valence-electron chi connectivity index (χ0n) is 11.9. The molecular formula is C17H20FNS. The molecule has 0 aliphatic heterocycles. The largest absolute Gasteiger partial charge is 0.309 e. The van der Waals surface area contributed by atoms with E-state index < -0.39 is 0 Å². The van der Waals surface area contributed by atoms with Gasteiger partial charge in [0.15, 0.2) is 0 Å². The Hall–Kier alpha value is -1.32. The molecule has 1 nitrogen and oxygen atoms in total. The molecule has 0 saturated carbocycles. The molecule has 20 heavy (non-hydrogen) atoms. The fraction of sp³-hybridized carbons (Fsp3) is 0.294. The highest BCUT2D eigenvalue weighted by Crippen LogP contribution is 2.25. The van der Waals surface area contributed by atoms with Crippen LogP contribution in [0.2, 0.25) is 0 Å². The second kappa shape index (κ2) is 7.46. The van der Waals surface area contributed by atoms with Crippen LogP contribution in [0.4, 0.5) is 4.39 Å². The molecule has 0 aliphatic carbocycles. The quantitative estimate of drug-likeness (QED) is 0.781. The summed E-state index contributed by atoms with van der Waals surface area (Å²) in [5, 5.41) is 3.51. The van der Waals surface area contributed by atoms with Gasteiger partial charge in [0.2, 0.25) is 0 Å². The smallest absolute Gasteiger partial charge is 0.123 e. The molecule has 0 radical (unpaired) electrons. The van der Waals surface area contributed by atoms with Crippen molar-refractivity contribution in [1.29, 1.82) is 0 Å². The first-order valence-electron chi connectivity index (χ1n) is 6.87. The minimum Gasteiger partial charge on any atom is -0.309 e. The highest BCUT2D eigenvalue weighted by molar-refractivity contribution is 7.99. The Morgan fingerprint density at radius 3 is 2.30 bits per heavy atom. The van der Waals surface area contributed by atoms with Crippen LogP contribution in [0.25, 0.3) is 0 Å². The lowest BCUT2D eigenvalue weighted by Crippen LogP contribution is -2.22. The fourth-order valence-electron chi connectivity index (χ4n) is 2.03. The van der Waals surface area contributed by atoms with Gasteiger partial charge in [0.1, 0.15) is 5.82 Å². The molecular weight excluding hydrogens is 269 g/mol. The predicted molar refractivity (Wildman–Crippen MR) is 84.7 cm³/mol. The molecule has 106 valence electrons. The molecule has 1 unspecified atom stereocenters. The Kier molecular flexibility index (Phi) is 5.62. The molecule has 0 bridgehead atoms. The standard InChI is InChI=1S/C17H20FNS/c1-3-19-17(14-6-4-13(2)5-7-14)12-20-16-10-8-15(18)9-11-16/h4-11,17,19H,3,12H2,1-2H3. The summed E-state index contributed by atoms with van der Waals surface area (Å²) in [7, 11) is 0. The maximum Gasteiger partial charge on any atom is 0.123 e. The van der Waals surface area contributed by atoms with Crippen molar-refractivity contribution >= 4 is 11.8 Å². The second-order valence-electron chi connectivity index (χ2n) is 4.79. The van der Waals surface area contributed by atoms with Crippen LogP contribution in [-0.2, 0) is 0 Å². The van der Waals surface area contributed by atoms with Gasteiger partial charge < -0.3 is 5.32 Å². The van der Waals surface area contributed by atoms with E-state index in [9.17, 15) is 4.39 Å². The van der Waals surface area contributed by atoms with E-state index in [1.165, 1.54) is 23.3 Å². The first-order chi connectivity index (χ1) is 9.69. The minimum atomic E-state index is -0.184. The van der Waals surface area contributed by atoms with E-state index in [0.29, 0.717) is 6.04 Å². The fourth-order valence-corrected chi connectivity index (χ4v) is 3.03. The summed E-state index contributed by atoms with van der Waals surface area (Å²) >= 11 is 1.75. The third kappa shape index (κ3) is 4.36. The molecule has 2 aromatic rings. The van der Waals surface area contributed by atoms with Crippen molar-refractivity contribution in [3.8, 4) is 0 Å². The van der Waals surface area contributed by atoms with Gasteiger partial charge in [-0.15, -0.1) is 11.8 Å². The summed E-state index contributed by atoms with van der Waals surface area (Å²) in [6.45, 7) is 5.14. The number of nitrogens with one attached hydrogen (secondary N) is 1. The lowest BCUT2D eigenvalue weighted by atomic mass is 10.1. The average Bonchev–Trinajstić information content (AvgIpc) is 2.46. The van der Waals surface area contributed by atoms with Crippen LogP contribution >= 0.6 is 11.8 Å². The van der Waals surface area contributed by atoms with Crippen molar-refractivity contribution in [2.75, 3.05) is 12.3 Å². The Bertz CT molecular complexity index is 522. The molecule has 0 spiro atoms. The topological polar surface area (TPSA) is 12.0 Å². The van der Waals surface area contributed by atoms with Crippen LogP contribution in [0.3, 0.4) is 0 Å². The molecule has 0 aliphatic rings. The van der Waals surface area contributed by atoms with E-state index >= 15 is 0 Å². The molecule has 0 saturated heterocycles. The molecule has 2 rings (SSSR count). The van der Waals surface area contributed by atoms with Crippen LogP contribution in [0.1, 0.15) is 24.1 Å². The van der Waals surface area contributed by atoms with E-state index in [0.717, 1.165) is 17.2 Å². The minimum absolute atomic E-state index is 0.184. The third-order valence-electron chi connectivity index (χ3n) is 3.16. The first-order valence-corrected chi connectivity index (χ1v) is 7.86. The molecule has 0 heterocycles. The SMILES string of the molecule is CCNC(CSc1ccc(F)cc1)c1ccc(C)cc1. The average molecular weight is 289 g/mol. The van der Waals surface area contributed by atoms with Crippen molar-refractivity contribution < 1.29 is 4.39 Å². The van der Waals surface area contributed by atoms with Crippen LogP contribution in [0, 0.1) is 12.7 Å². The van der Waals surface area contributed by atoms with Crippen molar-refractivity contribution in [2.24, 2.45) is 0 Å². The van der Waals surface area contributed by atoms with Crippen molar-refractivity contribution in [1.82, 2.24) is 5.32 Å². The van der Waals surface area contributed by atoms with Crippen LogP contribution in [0.5, 0.6) is 0 Å². The van der Waals surface area contributed by atoms with Gasteiger partial charge in [-0.05, 0) is 43.3 Å². The molecule has 0 fully saturated rings. The van der Waals surface area contributed by atoms with Gasteiger partial charge in [-0.2, -0.15) is 0 Å². The molecule has 2 aromatic carbocycles. The van der Waals surface area contributed by atoms with Gasteiger partial charge in [0, 0.05) is 16.7 Å². The first kappa shape index (κ1) is 15.1. The molecule has 1 atom stereocenters. The zero-order valence-corrected chi connectivity index (χ0v) is 12.7. The van der Waals surface area contributed by atoms with Crippen LogP contribution in [0.15, 0.2) is 53.4 Å². The van der Waals surface area contributed by atoms with Crippen molar-refractivity contribution in [3.05, 3.63) is 65.5 Å². The Balaban J connectivity index is 2.02. The molecule has 0 aromatic heterocycles. The van der Waals surface area contributed by atoms with Gasteiger partial charge in [0.05, 0.1) is 0 Å². The number of benzene rings is 2. The van der Waals surface area contributed by atoms with Gasteiger partial charge in [-0.3, -0.25) is 0 Å². The van der Waals surface area contributed by atoms with Gasteiger partial charge >= 0.3 is 0 Å². The molecule has 1 N–H and O–H groups in total. The summed E-state index contributed by atoms with van der Waals surface area (Å²) in [5.41, 5.74) is 2.57. The Morgan fingerprint density at radius 1 is 1.05 bits per heavy atom. The van der Waals surface area contributed by atoms with E-state index in [-0.39, 0.29) is 5.82 Å². The lowest BCUT2D eigenvalue weighted by Gasteiger charge is -2.18. The normalized spacial score (nSPS) is 12.3. The summed E-state index contributed by atoms with van der Waals surface area (Å²) in [6.07, 6.45) is 0. The van der Waals surface area contributed by atoms with Gasteiger partial charge in [-0.1, -0.05) is 36.8 Å². The maximum atomic E-state index is 12.9. The monoisotopic (exact) mass is 289 g/mol. The van der Waals surface area contributed by atoms with E-state index in [4.69, 9.17) is 0 Å². The Morgan fingerprint density at radius 2 is 1.70 bits per heavy atom. The highest BCUT2D eigenvalue weighted by Gasteiger charge is 2.10. The summed E-state index contributed by atoms with van der Waals surface area (Å²) < 4.78 is 12.9. The molecule has 3 heteroatoms. The van der Waals surface area contributed by atoms with E-state index in [1.54, 1.807) is 11.8 Å². The summed E-state index contributed by atoms with van der Waals surface area (Å²) in [6, 6.07) is 15.6. The Labute approximate surface area is 124 Å². The number of rotatable bonds is 6. The predicted octanol–water partition coefficient (Wildman–Crippen LogP) is 4.58. The van der Waals surface area contributed by atoms with E-state index in [1.807, 2.05) is 12.1 Å². The van der Waals surface area contributed by atoms with Crippen LogP contribution < -0.4 is 5.32 Å². The van der Waals surface area contributed by atoms with Crippen molar-refractivity contribution in [2.45, 2.75) is 24.8 Å². The number of hydrogen-bond donors (Lipinski definition) is 1. The lowest BCUT2D eigenvalue weighted by molar-refractivity contribution is 0.606. The number of hydrogen-bond acceptors (Lipinski definition) is 2. The highest BCUT2D eigenvalue weighted by atomic mass is 32.2. The third-order valence-corrected chi connectivity index (χ3v) is 4.27. The van der Waals surface area contributed by atoms with E-state index in [2.05, 4.69) is 43.4 Å². The molecule has 0 amide bonds. The van der Waals surface area contributed by atoms with Gasteiger partial charge in [0.25, 0.3) is 0 Å². The van der Waals surface area contributed by atoms with Crippen molar-refractivity contribution in [3.63, 3.8) is 0 Å². The van der Waals surface area contributed by atoms with Gasteiger partial charge in [-0.25, -0.2) is 4.39 Å². The number of aryl methyl sites for hydroxylation is 1. The number of thioether (sulfide) groups is 1. The zero-order chi connectivity index (χ0) is 14.4. The maximum absolute atomic E-state index is 12.9. The second-order valence-corrected chi connectivity index (χ2v) is 5.88. The number of halogens is 1. The summed E-state index contributed by atoms with van der Waals surface area (Å²) in [4.78, 5) is 1.10. The van der Waals surface area contributed by atoms with Crippen LogP contribution in [-0.4, -0.2) is 12.3 Å². The summed E-state index contributed by atoms with van der Waals surface area (Å²) in [5.74, 6) is 0.749.